The molecule has 2 unspecified atom stereocenters. The highest BCUT2D eigenvalue weighted by atomic mass is 16.4. The third-order valence-electron chi connectivity index (χ3n) is 6.15. The van der Waals surface area contributed by atoms with Crippen LogP contribution in [0.1, 0.15) is 32.8 Å². The SMILES string of the molecule is CC(C)(C)C(N)C(=O)N1C[C@@H](N=[N+]=N)C[C@H]1C(=O)NC(Cc1ccc2ccccc2c1)C(=O)O. The summed E-state index contributed by atoms with van der Waals surface area (Å²) in [6.07, 6.45) is 0.225. The van der Waals surface area contributed by atoms with Gasteiger partial charge < -0.3 is 21.1 Å². The van der Waals surface area contributed by atoms with E-state index in [9.17, 15) is 19.5 Å². The zero-order chi connectivity index (χ0) is 25.0. The number of rotatable bonds is 7. The molecule has 0 saturated carbocycles. The predicted octanol–water partition coefficient (Wildman–Crippen LogP) is 1.84. The molecule has 0 aromatic heterocycles. The van der Waals surface area contributed by atoms with Crippen molar-refractivity contribution in [3.8, 4) is 0 Å². The number of carboxylic acid groups (broad SMARTS) is 1. The third-order valence-corrected chi connectivity index (χ3v) is 6.15. The Hall–Kier alpha value is -3.62. The van der Waals surface area contributed by atoms with E-state index >= 15 is 0 Å². The van der Waals surface area contributed by atoms with Crippen LogP contribution in [-0.2, 0) is 20.8 Å². The third kappa shape index (κ3) is 5.65. The van der Waals surface area contributed by atoms with Crippen molar-refractivity contribution >= 4 is 28.6 Å². The van der Waals surface area contributed by atoms with Crippen molar-refractivity contribution < 1.29 is 19.5 Å². The lowest BCUT2D eigenvalue weighted by atomic mass is 9.86. The van der Waals surface area contributed by atoms with Gasteiger partial charge in [-0.15, -0.1) is 0 Å². The van der Waals surface area contributed by atoms with Crippen molar-refractivity contribution in [2.75, 3.05) is 6.54 Å². The molecular formula is C24H31N6O4+. The van der Waals surface area contributed by atoms with Gasteiger partial charge in [-0.25, -0.2) is 4.79 Å². The van der Waals surface area contributed by atoms with Crippen molar-refractivity contribution in [2.45, 2.75) is 57.8 Å². The molecule has 10 nitrogen and oxygen atoms in total. The number of hydrogen-bond acceptors (Lipinski definition) is 6. The van der Waals surface area contributed by atoms with E-state index in [1.165, 1.54) is 4.90 Å². The maximum Gasteiger partial charge on any atom is 0.326 e. The molecule has 5 N–H and O–H groups in total. The Balaban J connectivity index is 1.79. The van der Waals surface area contributed by atoms with Crippen molar-refractivity contribution in [3.63, 3.8) is 0 Å². The number of carbonyl (C=O) groups is 3. The summed E-state index contributed by atoms with van der Waals surface area (Å²) in [5.74, 6) is -2.19. The number of hydrogen-bond donors (Lipinski definition) is 4. The zero-order valence-electron chi connectivity index (χ0n) is 19.6. The lowest BCUT2D eigenvalue weighted by molar-refractivity contribution is -0.144. The fraction of sp³-hybridized carbons (Fsp3) is 0.458. The Morgan fingerprint density at radius 1 is 1.24 bits per heavy atom. The summed E-state index contributed by atoms with van der Waals surface area (Å²) >= 11 is 0. The predicted molar refractivity (Wildman–Crippen MR) is 126 cm³/mol. The average molecular weight is 468 g/mol. The first-order chi connectivity index (χ1) is 16.0. The number of carbonyl (C=O) groups excluding carboxylic acids is 2. The fourth-order valence-corrected chi connectivity index (χ4v) is 4.09. The van der Waals surface area contributed by atoms with Crippen LogP contribution < -0.4 is 16.0 Å². The minimum atomic E-state index is -1.18. The van der Waals surface area contributed by atoms with Crippen molar-refractivity contribution in [2.24, 2.45) is 16.3 Å². The molecule has 1 aliphatic rings. The van der Waals surface area contributed by atoms with Gasteiger partial charge in [0.15, 0.2) is 6.04 Å². The van der Waals surface area contributed by atoms with Crippen LogP contribution in [0.4, 0.5) is 0 Å². The van der Waals surface area contributed by atoms with E-state index in [4.69, 9.17) is 11.3 Å². The number of nitrogens with two attached hydrogens (primary N) is 1. The van der Waals surface area contributed by atoms with Gasteiger partial charge in [-0.1, -0.05) is 63.2 Å². The highest BCUT2D eigenvalue weighted by molar-refractivity contribution is 5.93. The number of fused-ring (bicyclic) bond motifs is 1. The summed E-state index contributed by atoms with van der Waals surface area (Å²) in [5, 5.41) is 18.2. The van der Waals surface area contributed by atoms with Gasteiger partial charge in [0.2, 0.25) is 16.7 Å². The van der Waals surface area contributed by atoms with Crippen molar-refractivity contribution in [1.82, 2.24) is 15.1 Å². The van der Waals surface area contributed by atoms with Gasteiger partial charge >= 0.3 is 5.97 Å². The van der Waals surface area contributed by atoms with E-state index in [1.807, 2.05) is 63.2 Å². The molecule has 2 amide bonds. The summed E-state index contributed by atoms with van der Waals surface area (Å²) in [6, 6.07) is 9.86. The molecule has 0 bridgehead atoms. The second kappa shape index (κ2) is 10.1. The highest BCUT2D eigenvalue weighted by Crippen LogP contribution is 2.26. The smallest absolute Gasteiger partial charge is 0.326 e. The van der Waals surface area contributed by atoms with Gasteiger partial charge in [0.05, 0.1) is 12.6 Å². The van der Waals surface area contributed by atoms with Gasteiger partial charge in [-0.2, -0.15) is 0 Å². The van der Waals surface area contributed by atoms with E-state index in [0.29, 0.717) is 0 Å². The maximum atomic E-state index is 13.2. The van der Waals surface area contributed by atoms with E-state index in [2.05, 4.69) is 15.3 Å². The summed E-state index contributed by atoms with van der Waals surface area (Å²) in [6.45, 7) is 5.56. The number of carboxylic acids is 1. The van der Waals surface area contributed by atoms with E-state index in [0.717, 1.165) is 16.3 Å². The summed E-state index contributed by atoms with van der Waals surface area (Å²) in [5.41, 5.74) is 13.4. The van der Waals surface area contributed by atoms with Gasteiger partial charge in [0.25, 0.3) is 0 Å². The molecule has 1 saturated heterocycles. The molecule has 2 aromatic rings. The molecule has 4 atom stereocenters. The molecule has 0 radical (unpaired) electrons. The van der Waals surface area contributed by atoms with E-state index in [1.54, 1.807) is 0 Å². The fourth-order valence-electron chi connectivity index (χ4n) is 4.09. The first kappa shape index (κ1) is 25.0. The van der Waals surface area contributed by atoms with Crippen LogP contribution in [0.15, 0.2) is 47.6 Å². The molecule has 3 rings (SSSR count). The van der Waals surface area contributed by atoms with Crippen LogP contribution in [0.2, 0.25) is 0 Å². The van der Waals surface area contributed by atoms with Gasteiger partial charge in [0.1, 0.15) is 22.7 Å². The lowest BCUT2D eigenvalue weighted by Crippen LogP contribution is -2.56. The first-order valence-electron chi connectivity index (χ1n) is 11.1. The van der Waals surface area contributed by atoms with E-state index in [-0.39, 0.29) is 19.4 Å². The molecule has 10 heteroatoms. The number of nitrogens with zero attached hydrogens (tertiary/aromatic N) is 3. The summed E-state index contributed by atoms with van der Waals surface area (Å²) in [7, 11) is 0. The largest absolute Gasteiger partial charge is 0.480 e. The number of aliphatic carboxylic acids is 1. The average Bonchev–Trinajstić information content (AvgIpc) is 3.21. The minimum Gasteiger partial charge on any atom is -0.480 e. The zero-order valence-corrected chi connectivity index (χ0v) is 19.6. The number of likely N-dealkylation sites (tertiary alicyclic amines) is 1. The minimum absolute atomic E-state index is 0.0872. The molecule has 1 aliphatic heterocycles. The Kier molecular flexibility index (Phi) is 7.44. The number of benzene rings is 2. The van der Waals surface area contributed by atoms with Crippen LogP contribution in [-0.4, -0.2) is 58.5 Å². The van der Waals surface area contributed by atoms with Crippen molar-refractivity contribution in [1.29, 1.82) is 5.53 Å². The molecule has 1 fully saturated rings. The van der Waals surface area contributed by atoms with Gasteiger partial charge in [0, 0.05) is 12.8 Å². The molecule has 1 heterocycles. The maximum absolute atomic E-state index is 13.2. The molecule has 0 aliphatic carbocycles. The molecule has 0 spiro atoms. The van der Waals surface area contributed by atoms with Gasteiger partial charge in [-0.3, -0.25) is 9.59 Å². The Morgan fingerprint density at radius 2 is 1.91 bits per heavy atom. The van der Waals surface area contributed by atoms with Crippen LogP contribution >= 0.6 is 0 Å². The second-order valence-corrected chi connectivity index (χ2v) is 9.74. The van der Waals surface area contributed by atoms with E-state index < -0.39 is 47.4 Å². The first-order valence-corrected chi connectivity index (χ1v) is 11.1. The topological polar surface area (TPSA) is 163 Å². The van der Waals surface area contributed by atoms with Crippen LogP contribution in [0.5, 0.6) is 0 Å². The normalized spacial score (nSPS) is 19.8. The van der Waals surface area contributed by atoms with Crippen molar-refractivity contribution in [3.05, 3.63) is 48.0 Å². The highest BCUT2D eigenvalue weighted by Gasteiger charge is 2.45. The monoisotopic (exact) mass is 467 g/mol. The summed E-state index contributed by atoms with van der Waals surface area (Å²) < 4.78 is 0. The Labute approximate surface area is 197 Å². The molecular weight excluding hydrogens is 436 g/mol. The van der Waals surface area contributed by atoms with Crippen LogP contribution in [0.3, 0.4) is 0 Å². The second-order valence-electron chi connectivity index (χ2n) is 9.74. The van der Waals surface area contributed by atoms with Gasteiger partial charge in [-0.05, 0) is 21.8 Å². The molecule has 34 heavy (non-hydrogen) atoms. The Morgan fingerprint density at radius 3 is 2.53 bits per heavy atom. The van der Waals surface area contributed by atoms with Crippen LogP contribution in [0.25, 0.3) is 10.8 Å². The molecule has 180 valence electrons. The summed E-state index contributed by atoms with van der Waals surface area (Å²) in [4.78, 5) is 42.6. The molecule has 2 aromatic carbocycles. The quantitative estimate of drug-likeness (QED) is 0.360. The standard InChI is InChI=1S/C24H30N6O4/c1-24(2,3)20(25)22(32)30-13-17(28-29-26)12-19(30)21(31)27-18(23(33)34)11-14-8-9-15-6-4-5-7-16(15)10-14/h4-10,17-20,26H,11-13,25H2,1-3H3,(H-,27,31,33,34)/p+1/t17-,18?,19-,20?/m0/s1. The lowest BCUT2D eigenvalue weighted by Gasteiger charge is -2.32. The Bertz CT molecular complexity index is 1140. The number of nitrogens with one attached hydrogen (secondary N) is 2. The number of amides is 2. The van der Waals surface area contributed by atoms with Crippen LogP contribution in [0, 0.1) is 10.9 Å².